The molecule has 11 N–H and O–H groups in total. The lowest BCUT2D eigenvalue weighted by atomic mass is 9.94. The number of hydrogen-bond acceptors (Lipinski definition) is 16. The number of aliphatic hydroxyl groups excluding tert-OH is 10. The second-order valence-corrected chi connectivity index (χ2v) is 9.07. The number of hydrogen-bond donors (Lipinski definition) is 11. The van der Waals surface area contributed by atoms with E-state index < -0.39 is 118 Å². The van der Waals surface area contributed by atoms with Crippen molar-refractivity contribution >= 4 is 5.91 Å². The van der Waals surface area contributed by atoms with E-state index in [9.17, 15) is 55.9 Å². The SMILES string of the molecule is CC(=O)N[C@H]1[C@H](O[C@H]2[C@@H](O)[C@H](O)[C@@H](CO)O[C@H]2O)O[C@H](CO)[C@@H](O[C@@H]2O[C@H](CO)[C@H](O)[C@H](O)[C@H]2O)[C@@H]1O. The molecule has 3 aliphatic rings. The molecule has 3 fully saturated rings. The van der Waals surface area contributed by atoms with Crippen LogP contribution in [0.4, 0.5) is 0 Å². The molecule has 0 aromatic carbocycles. The highest BCUT2D eigenvalue weighted by atomic mass is 16.7. The van der Waals surface area contributed by atoms with E-state index in [0.29, 0.717) is 0 Å². The van der Waals surface area contributed by atoms with Gasteiger partial charge in [-0.15, -0.1) is 0 Å². The molecular formula is C20H35NO16. The van der Waals surface area contributed by atoms with Crippen LogP contribution in [0, 0.1) is 0 Å². The molecule has 3 rings (SSSR count). The van der Waals surface area contributed by atoms with Crippen molar-refractivity contribution in [3.63, 3.8) is 0 Å². The van der Waals surface area contributed by atoms with Crippen LogP contribution in [0.15, 0.2) is 0 Å². The maximum atomic E-state index is 11.9. The minimum Gasteiger partial charge on any atom is -0.394 e. The second kappa shape index (κ2) is 12.8. The first kappa shape index (κ1) is 30.4. The van der Waals surface area contributed by atoms with Crippen LogP contribution in [0.5, 0.6) is 0 Å². The first-order chi connectivity index (χ1) is 17.4. The molecule has 3 saturated heterocycles. The third-order valence-electron chi connectivity index (χ3n) is 6.50. The summed E-state index contributed by atoms with van der Waals surface area (Å²) in [5.41, 5.74) is 0. The number of rotatable bonds is 8. The van der Waals surface area contributed by atoms with E-state index in [0.717, 1.165) is 6.92 Å². The van der Waals surface area contributed by atoms with Crippen molar-refractivity contribution in [3.8, 4) is 0 Å². The molecule has 1 amide bonds. The first-order valence-electron chi connectivity index (χ1n) is 11.6. The van der Waals surface area contributed by atoms with Gasteiger partial charge >= 0.3 is 0 Å². The molecule has 0 aliphatic carbocycles. The maximum Gasteiger partial charge on any atom is 0.217 e. The summed E-state index contributed by atoms with van der Waals surface area (Å²) in [4.78, 5) is 11.9. The molecule has 3 heterocycles. The van der Waals surface area contributed by atoms with Gasteiger partial charge in [0.15, 0.2) is 18.9 Å². The van der Waals surface area contributed by atoms with Gasteiger partial charge in [-0.1, -0.05) is 0 Å². The van der Waals surface area contributed by atoms with Gasteiger partial charge in [0.25, 0.3) is 0 Å². The second-order valence-electron chi connectivity index (χ2n) is 9.07. The molecule has 17 heteroatoms. The van der Waals surface area contributed by atoms with Crippen molar-refractivity contribution in [2.75, 3.05) is 19.8 Å². The van der Waals surface area contributed by atoms with Gasteiger partial charge < -0.3 is 80.1 Å². The van der Waals surface area contributed by atoms with Crippen LogP contribution in [0.1, 0.15) is 6.92 Å². The molecule has 0 saturated carbocycles. The van der Waals surface area contributed by atoms with Crippen LogP contribution in [0.3, 0.4) is 0 Å². The molecule has 0 radical (unpaired) electrons. The van der Waals surface area contributed by atoms with E-state index >= 15 is 0 Å². The van der Waals surface area contributed by atoms with Crippen molar-refractivity contribution in [1.29, 1.82) is 0 Å². The lowest BCUT2D eigenvalue weighted by molar-refractivity contribution is -0.369. The lowest BCUT2D eigenvalue weighted by Gasteiger charge is -2.48. The van der Waals surface area contributed by atoms with Crippen molar-refractivity contribution in [2.45, 2.75) is 99.0 Å². The Morgan fingerprint density at radius 2 is 1.16 bits per heavy atom. The Hall–Kier alpha value is -1.13. The van der Waals surface area contributed by atoms with Crippen LogP contribution >= 0.6 is 0 Å². The topological polar surface area (TPSA) is 278 Å². The highest BCUT2D eigenvalue weighted by Crippen LogP contribution is 2.32. The number of carbonyl (C=O) groups is 1. The summed E-state index contributed by atoms with van der Waals surface area (Å²) in [6.07, 6.45) is -23.1. The largest absolute Gasteiger partial charge is 0.394 e. The van der Waals surface area contributed by atoms with E-state index in [1.807, 2.05) is 0 Å². The summed E-state index contributed by atoms with van der Waals surface area (Å²) in [6, 6.07) is -1.48. The molecule has 15 atom stereocenters. The zero-order valence-corrected chi connectivity index (χ0v) is 19.7. The molecule has 37 heavy (non-hydrogen) atoms. The predicted molar refractivity (Wildman–Crippen MR) is 113 cm³/mol. The standard InChI is InChI=1S/C20H35NO16/c1-5(25)21-9-12(28)16(36-20-15(31)13(29)10(26)7(3-23)34-20)8(4-24)35-19(9)37-17-14(30)11(27)6(2-22)33-18(17)32/h6-20,22-24,26-32H,2-4H2,1H3,(H,21,25)/t6-,7-,8-,9-,10+,11-,12-,13+,14+,15-,16-,17+,18-,19+,20+/m1/s1. The average molecular weight is 545 g/mol. The third kappa shape index (κ3) is 6.38. The van der Waals surface area contributed by atoms with Gasteiger partial charge in [-0.2, -0.15) is 0 Å². The Morgan fingerprint density at radius 1 is 0.649 bits per heavy atom. The average Bonchev–Trinajstić information content (AvgIpc) is 2.86. The number of amides is 1. The van der Waals surface area contributed by atoms with Crippen molar-refractivity contribution in [1.82, 2.24) is 5.32 Å². The van der Waals surface area contributed by atoms with Gasteiger partial charge in [-0.05, 0) is 0 Å². The van der Waals surface area contributed by atoms with E-state index in [1.165, 1.54) is 0 Å². The number of aliphatic hydroxyl groups is 10. The summed E-state index contributed by atoms with van der Waals surface area (Å²) >= 11 is 0. The monoisotopic (exact) mass is 545 g/mol. The van der Waals surface area contributed by atoms with E-state index in [4.69, 9.17) is 23.7 Å². The summed E-state index contributed by atoms with van der Waals surface area (Å²) in [5.74, 6) is -0.684. The molecule has 17 nitrogen and oxygen atoms in total. The van der Waals surface area contributed by atoms with E-state index in [2.05, 4.69) is 5.32 Å². The maximum absolute atomic E-state index is 11.9. The smallest absolute Gasteiger partial charge is 0.217 e. The van der Waals surface area contributed by atoms with Gasteiger partial charge in [0, 0.05) is 6.92 Å². The van der Waals surface area contributed by atoms with Crippen LogP contribution in [-0.2, 0) is 28.5 Å². The Kier molecular flexibility index (Phi) is 10.5. The predicted octanol–water partition coefficient (Wildman–Crippen LogP) is -7.43. The van der Waals surface area contributed by atoms with Gasteiger partial charge in [-0.3, -0.25) is 4.79 Å². The Balaban J connectivity index is 1.81. The van der Waals surface area contributed by atoms with Gasteiger partial charge in [-0.25, -0.2) is 0 Å². The van der Waals surface area contributed by atoms with Crippen LogP contribution in [0.2, 0.25) is 0 Å². The molecular weight excluding hydrogens is 510 g/mol. The van der Waals surface area contributed by atoms with Crippen LogP contribution in [-0.4, -0.2) is 169 Å². The Morgan fingerprint density at radius 3 is 1.73 bits per heavy atom. The highest BCUT2D eigenvalue weighted by molar-refractivity contribution is 5.73. The number of nitrogens with one attached hydrogen (secondary N) is 1. The van der Waals surface area contributed by atoms with Gasteiger partial charge in [0.2, 0.25) is 5.91 Å². The normalized spacial score (nSPS) is 49.0. The summed E-state index contributed by atoms with van der Waals surface area (Å²) in [6.45, 7) is -1.20. The minimum atomic E-state index is -1.87. The lowest BCUT2D eigenvalue weighted by Crippen LogP contribution is -2.69. The Bertz CT molecular complexity index is 745. The van der Waals surface area contributed by atoms with Gasteiger partial charge in [0.1, 0.15) is 73.2 Å². The fourth-order valence-electron chi connectivity index (χ4n) is 4.45. The molecule has 0 spiro atoms. The third-order valence-corrected chi connectivity index (χ3v) is 6.50. The number of ether oxygens (including phenoxy) is 5. The molecule has 3 aliphatic heterocycles. The van der Waals surface area contributed by atoms with Crippen LogP contribution in [0.25, 0.3) is 0 Å². The fourth-order valence-corrected chi connectivity index (χ4v) is 4.45. The molecule has 0 aromatic rings. The first-order valence-corrected chi connectivity index (χ1v) is 11.6. The molecule has 0 bridgehead atoms. The summed E-state index contributed by atoms with van der Waals surface area (Å²) in [7, 11) is 0. The zero-order valence-electron chi connectivity index (χ0n) is 19.7. The van der Waals surface area contributed by atoms with Crippen molar-refractivity contribution in [2.24, 2.45) is 0 Å². The van der Waals surface area contributed by atoms with Crippen molar-refractivity contribution in [3.05, 3.63) is 0 Å². The molecule has 0 unspecified atom stereocenters. The minimum absolute atomic E-state index is 0.684. The van der Waals surface area contributed by atoms with Crippen molar-refractivity contribution < 1.29 is 79.5 Å². The van der Waals surface area contributed by atoms with E-state index in [1.54, 1.807) is 0 Å². The zero-order chi connectivity index (χ0) is 27.6. The van der Waals surface area contributed by atoms with E-state index in [-0.39, 0.29) is 0 Å². The molecule has 0 aromatic heterocycles. The highest BCUT2D eigenvalue weighted by Gasteiger charge is 2.53. The molecule has 216 valence electrons. The fraction of sp³-hybridized carbons (Fsp3) is 0.950. The number of carbonyl (C=O) groups excluding carboxylic acids is 1. The quantitative estimate of drug-likeness (QED) is 0.135. The Labute approximate surface area is 210 Å². The summed E-state index contributed by atoms with van der Waals surface area (Å²) in [5, 5.41) is 103. The van der Waals surface area contributed by atoms with Gasteiger partial charge in [0.05, 0.1) is 19.8 Å². The van der Waals surface area contributed by atoms with Crippen LogP contribution < -0.4 is 5.32 Å². The summed E-state index contributed by atoms with van der Waals surface area (Å²) < 4.78 is 27.0.